The molecule has 7 nitrogen and oxygen atoms in total. The Hall–Kier alpha value is -2.26. The van der Waals surface area contributed by atoms with Gasteiger partial charge in [0, 0.05) is 23.6 Å². The Morgan fingerprint density at radius 3 is 2.68 bits per heavy atom. The van der Waals surface area contributed by atoms with E-state index in [0.29, 0.717) is 42.3 Å². The fourth-order valence-electron chi connectivity index (χ4n) is 2.67. The van der Waals surface area contributed by atoms with Crippen LogP contribution in [0.2, 0.25) is 0 Å². The molecule has 9 heteroatoms. The van der Waals surface area contributed by atoms with Crippen LogP contribution < -0.4 is 16.2 Å². The maximum absolute atomic E-state index is 13.4. The number of nitrogens with zero attached hydrogens (tertiary/aromatic N) is 3. The highest BCUT2D eigenvalue weighted by molar-refractivity contribution is 9.10. The molecule has 1 aromatic carbocycles. The van der Waals surface area contributed by atoms with Crippen LogP contribution in [0.1, 0.15) is 5.82 Å². The Bertz CT molecular complexity index is 865. The molecule has 1 aliphatic rings. The molecule has 1 aromatic heterocycles. The molecule has 0 bridgehead atoms. The van der Waals surface area contributed by atoms with Gasteiger partial charge in [-0.1, -0.05) is 0 Å². The molecule has 0 spiro atoms. The number of ether oxygens (including phenoxy) is 1. The van der Waals surface area contributed by atoms with E-state index in [1.165, 1.54) is 28.8 Å². The van der Waals surface area contributed by atoms with E-state index in [0.717, 1.165) is 0 Å². The zero-order valence-electron chi connectivity index (χ0n) is 13.2. The summed E-state index contributed by atoms with van der Waals surface area (Å²) >= 11 is 3.24. The van der Waals surface area contributed by atoms with Gasteiger partial charge in [0.05, 0.1) is 25.3 Å². The summed E-state index contributed by atoms with van der Waals surface area (Å²) in [6.07, 6.45) is -0.211. The lowest BCUT2D eigenvalue weighted by atomic mass is 10.2. The number of nitrogens with two attached hydrogens (primary N) is 1. The number of primary amides is 1. The van der Waals surface area contributed by atoms with Gasteiger partial charge in [0.15, 0.2) is 0 Å². The number of morpholine rings is 1. The number of aromatic nitrogens is 2. The van der Waals surface area contributed by atoms with Crippen LogP contribution in [0.3, 0.4) is 0 Å². The summed E-state index contributed by atoms with van der Waals surface area (Å²) in [5.41, 5.74) is 5.33. The van der Waals surface area contributed by atoms with Gasteiger partial charge in [0.2, 0.25) is 5.91 Å². The molecule has 0 aliphatic carbocycles. The molecule has 0 atom stereocenters. The molecular formula is C16H16BrFN4O3. The van der Waals surface area contributed by atoms with Crippen LogP contribution in [0.15, 0.2) is 33.5 Å². The van der Waals surface area contributed by atoms with E-state index >= 15 is 0 Å². The van der Waals surface area contributed by atoms with Gasteiger partial charge < -0.3 is 15.4 Å². The Morgan fingerprint density at radius 1 is 1.32 bits per heavy atom. The highest BCUT2D eigenvalue weighted by atomic mass is 79.9. The minimum absolute atomic E-state index is 0.203. The lowest BCUT2D eigenvalue weighted by molar-refractivity contribution is -0.117. The SMILES string of the molecule is NC(=O)Cc1nc(N2CCOCC2)cc(=O)n1-c1ccc(F)cc1Br. The third-order valence-corrected chi connectivity index (χ3v) is 4.43. The molecular weight excluding hydrogens is 395 g/mol. The first-order chi connectivity index (χ1) is 12.0. The second kappa shape index (κ2) is 7.32. The van der Waals surface area contributed by atoms with E-state index < -0.39 is 11.7 Å². The summed E-state index contributed by atoms with van der Waals surface area (Å²) in [4.78, 5) is 30.5. The van der Waals surface area contributed by atoms with Crippen molar-refractivity contribution in [3.63, 3.8) is 0 Å². The highest BCUT2D eigenvalue weighted by Gasteiger charge is 2.19. The van der Waals surface area contributed by atoms with Crippen LogP contribution >= 0.6 is 15.9 Å². The molecule has 25 heavy (non-hydrogen) atoms. The summed E-state index contributed by atoms with van der Waals surface area (Å²) in [5, 5.41) is 0. The minimum Gasteiger partial charge on any atom is -0.378 e. The van der Waals surface area contributed by atoms with Crippen molar-refractivity contribution in [3.8, 4) is 5.69 Å². The van der Waals surface area contributed by atoms with E-state index in [-0.39, 0.29) is 17.8 Å². The first kappa shape index (κ1) is 17.6. The van der Waals surface area contributed by atoms with Crippen molar-refractivity contribution >= 4 is 27.7 Å². The number of carbonyl (C=O) groups excluding carboxylic acids is 1. The van der Waals surface area contributed by atoms with Gasteiger partial charge >= 0.3 is 0 Å². The molecule has 2 heterocycles. The predicted octanol–water partition coefficient (Wildman–Crippen LogP) is 0.999. The van der Waals surface area contributed by atoms with Crippen LogP contribution in [-0.4, -0.2) is 41.8 Å². The average molecular weight is 411 g/mol. The molecule has 3 rings (SSSR count). The van der Waals surface area contributed by atoms with Crippen molar-refractivity contribution in [3.05, 3.63) is 50.7 Å². The second-order valence-electron chi connectivity index (χ2n) is 5.54. The van der Waals surface area contributed by atoms with E-state index in [1.54, 1.807) is 0 Å². The Balaban J connectivity index is 2.13. The summed E-state index contributed by atoms with van der Waals surface area (Å²) in [7, 11) is 0. The summed E-state index contributed by atoms with van der Waals surface area (Å²) in [6, 6.07) is 5.31. The van der Waals surface area contributed by atoms with E-state index in [2.05, 4.69) is 20.9 Å². The van der Waals surface area contributed by atoms with Gasteiger partial charge in [-0.3, -0.25) is 14.2 Å². The molecule has 1 fully saturated rings. The summed E-state index contributed by atoms with van der Waals surface area (Å²) < 4.78 is 20.3. The van der Waals surface area contributed by atoms with E-state index in [4.69, 9.17) is 10.5 Å². The number of rotatable bonds is 4. The smallest absolute Gasteiger partial charge is 0.260 e. The monoisotopic (exact) mass is 410 g/mol. The number of halogens is 2. The van der Waals surface area contributed by atoms with Crippen LogP contribution in [0.4, 0.5) is 10.2 Å². The third-order valence-electron chi connectivity index (χ3n) is 3.79. The predicted molar refractivity (Wildman–Crippen MR) is 93.4 cm³/mol. The Kier molecular flexibility index (Phi) is 5.14. The highest BCUT2D eigenvalue weighted by Crippen LogP contribution is 2.23. The molecule has 1 saturated heterocycles. The third kappa shape index (κ3) is 3.88. The first-order valence-corrected chi connectivity index (χ1v) is 8.44. The molecule has 2 N–H and O–H groups in total. The number of hydrogen-bond donors (Lipinski definition) is 1. The molecule has 132 valence electrons. The van der Waals surface area contributed by atoms with Gasteiger partial charge in [-0.15, -0.1) is 0 Å². The van der Waals surface area contributed by atoms with Gasteiger partial charge in [-0.25, -0.2) is 9.37 Å². The standard InChI is InChI=1S/C16H16BrFN4O3/c17-11-7-10(18)1-2-12(11)22-15(8-13(19)23)20-14(9-16(22)24)21-3-5-25-6-4-21/h1-2,7,9H,3-6,8H2,(H2,19,23). The van der Waals surface area contributed by atoms with Crippen molar-refractivity contribution in [1.29, 1.82) is 0 Å². The maximum atomic E-state index is 13.4. The zero-order chi connectivity index (χ0) is 18.0. The Labute approximate surface area is 151 Å². The van der Waals surface area contributed by atoms with E-state index in [9.17, 15) is 14.0 Å². The van der Waals surface area contributed by atoms with Gasteiger partial charge in [0.25, 0.3) is 5.56 Å². The molecule has 0 radical (unpaired) electrons. The quantitative estimate of drug-likeness (QED) is 0.811. The largest absolute Gasteiger partial charge is 0.378 e. The lowest BCUT2D eigenvalue weighted by Gasteiger charge is -2.28. The number of hydrogen-bond acceptors (Lipinski definition) is 5. The molecule has 2 aromatic rings. The average Bonchev–Trinajstić information content (AvgIpc) is 2.56. The van der Waals surface area contributed by atoms with Crippen LogP contribution in [0, 0.1) is 5.82 Å². The maximum Gasteiger partial charge on any atom is 0.260 e. The van der Waals surface area contributed by atoms with Crippen molar-refractivity contribution in [2.45, 2.75) is 6.42 Å². The van der Waals surface area contributed by atoms with Gasteiger partial charge in [-0.2, -0.15) is 0 Å². The number of benzene rings is 1. The number of carbonyl (C=O) groups is 1. The van der Waals surface area contributed by atoms with Crippen molar-refractivity contribution < 1.29 is 13.9 Å². The lowest BCUT2D eigenvalue weighted by Crippen LogP contribution is -2.38. The number of amides is 1. The fourth-order valence-corrected chi connectivity index (χ4v) is 3.19. The molecule has 1 aliphatic heterocycles. The Morgan fingerprint density at radius 2 is 2.04 bits per heavy atom. The van der Waals surface area contributed by atoms with Crippen molar-refractivity contribution in [2.24, 2.45) is 5.73 Å². The molecule has 0 saturated carbocycles. The van der Waals surface area contributed by atoms with Crippen LogP contribution in [-0.2, 0) is 16.0 Å². The van der Waals surface area contributed by atoms with Gasteiger partial charge in [-0.05, 0) is 34.1 Å². The second-order valence-corrected chi connectivity index (χ2v) is 6.40. The minimum atomic E-state index is -0.613. The molecule has 0 unspecified atom stereocenters. The first-order valence-electron chi connectivity index (χ1n) is 7.65. The van der Waals surface area contributed by atoms with Crippen molar-refractivity contribution in [2.75, 3.05) is 31.2 Å². The molecule has 1 amide bonds. The van der Waals surface area contributed by atoms with Crippen molar-refractivity contribution in [1.82, 2.24) is 9.55 Å². The topological polar surface area (TPSA) is 90.5 Å². The summed E-state index contributed by atoms with van der Waals surface area (Å²) in [5.74, 6) is -0.385. The normalized spacial score (nSPS) is 14.6. The summed E-state index contributed by atoms with van der Waals surface area (Å²) in [6.45, 7) is 2.29. The van der Waals surface area contributed by atoms with E-state index in [1.807, 2.05) is 4.90 Å². The fraction of sp³-hybridized carbons (Fsp3) is 0.312. The van der Waals surface area contributed by atoms with Gasteiger partial charge in [0.1, 0.15) is 17.5 Å². The number of anilines is 1. The zero-order valence-corrected chi connectivity index (χ0v) is 14.8. The van der Waals surface area contributed by atoms with Crippen LogP contribution in [0.25, 0.3) is 5.69 Å². The van der Waals surface area contributed by atoms with Crippen LogP contribution in [0.5, 0.6) is 0 Å².